The first-order valence-corrected chi connectivity index (χ1v) is 29.7. The Balaban J connectivity index is 1.13. The summed E-state index contributed by atoms with van der Waals surface area (Å²) >= 11 is 1.90. The van der Waals surface area contributed by atoms with Crippen molar-refractivity contribution in [3.8, 4) is 0 Å². The summed E-state index contributed by atoms with van der Waals surface area (Å²) in [5.41, 5.74) is 26.6. The summed E-state index contributed by atoms with van der Waals surface area (Å²) in [4.78, 5) is 7.90. The standard InChI is InChI=1S/C73H78BN3S/c1-44-36-62-67-63(37-44)77(59-41-54-52(38-45(59)2)70(9,10)34-35-71(54,11)12)61-42-55-53(72(13,14)43-73(55,15)16)40-57(61)74(67)56-33-32-50(39-60(56)76(62)58-21-19-23-65-66(58)51-20-17-18-22-64(51)78-65)75(48-28-24-46(25-29-48)68(3,4)5)49-30-26-47(27-31-49)69(6,7)8/h17-33,36-42H,34-35,43H2,1-16H3. The molecule has 0 atom stereocenters. The van der Waals surface area contributed by atoms with Gasteiger partial charge in [-0.15, -0.1) is 11.3 Å². The molecule has 394 valence electrons. The van der Waals surface area contributed by atoms with Crippen LogP contribution in [0.4, 0.5) is 51.2 Å². The molecule has 3 heterocycles. The third kappa shape index (κ3) is 7.78. The van der Waals surface area contributed by atoms with E-state index < -0.39 is 0 Å². The first-order chi connectivity index (χ1) is 36.7. The molecule has 0 unspecified atom stereocenters. The number of aryl methyl sites for hydroxylation is 2. The number of nitrogens with zero attached hydrogens (tertiary/aromatic N) is 3. The van der Waals surface area contributed by atoms with Crippen molar-refractivity contribution in [3.05, 3.63) is 190 Å². The van der Waals surface area contributed by atoms with E-state index in [4.69, 9.17) is 0 Å². The average molecular weight is 1040 g/mol. The van der Waals surface area contributed by atoms with E-state index in [0.717, 1.165) is 23.5 Å². The van der Waals surface area contributed by atoms with Crippen LogP contribution >= 0.6 is 11.3 Å². The zero-order valence-electron chi connectivity index (χ0n) is 49.3. The molecule has 4 aliphatic rings. The van der Waals surface area contributed by atoms with Crippen molar-refractivity contribution in [2.75, 3.05) is 14.7 Å². The molecular weight excluding hydrogens is 962 g/mol. The minimum atomic E-state index is -0.0238. The van der Waals surface area contributed by atoms with E-state index in [9.17, 15) is 0 Å². The smallest absolute Gasteiger partial charge is 0.252 e. The molecule has 2 aliphatic heterocycles. The van der Waals surface area contributed by atoms with Gasteiger partial charge in [0.15, 0.2) is 0 Å². The highest BCUT2D eigenvalue weighted by atomic mass is 32.1. The fourth-order valence-corrected chi connectivity index (χ4v) is 15.9. The lowest BCUT2D eigenvalue weighted by Gasteiger charge is -2.47. The molecule has 2 aliphatic carbocycles. The van der Waals surface area contributed by atoms with Gasteiger partial charge < -0.3 is 14.7 Å². The van der Waals surface area contributed by atoms with Gasteiger partial charge in [-0.3, -0.25) is 0 Å². The Morgan fingerprint density at radius 2 is 0.949 bits per heavy atom. The van der Waals surface area contributed by atoms with Gasteiger partial charge in [0.1, 0.15) is 0 Å². The molecule has 0 N–H and O–H groups in total. The topological polar surface area (TPSA) is 9.72 Å². The van der Waals surface area contributed by atoms with Crippen LogP contribution in [0.1, 0.15) is 161 Å². The van der Waals surface area contributed by atoms with Gasteiger partial charge in [0.05, 0.1) is 5.69 Å². The monoisotopic (exact) mass is 1040 g/mol. The minimum absolute atomic E-state index is 0.0149. The summed E-state index contributed by atoms with van der Waals surface area (Å²) in [6, 6.07) is 57.7. The lowest BCUT2D eigenvalue weighted by Crippen LogP contribution is -2.61. The molecule has 78 heavy (non-hydrogen) atoms. The summed E-state index contributed by atoms with van der Waals surface area (Å²) in [5.74, 6) is 0. The molecule has 5 heteroatoms. The van der Waals surface area contributed by atoms with Crippen LogP contribution in [0.5, 0.6) is 0 Å². The van der Waals surface area contributed by atoms with Crippen LogP contribution in [0, 0.1) is 13.8 Å². The fraction of sp³-hybridized carbons (Fsp3) is 0.342. The van der Waals surface area contributed by atoms with E-state index >= 15 is 0 Å². The van der Waals surface area contributed by atoms with E-state index in [1.807, 2.05) is 11.3 Å². The lowest BCUT2D eigenvalue weighted by atomic mass is 9.33. The first kappa shape index (κ1) is 50.9. The molecule has 0 radical (unpaired) electrons. The van der Waals surface area contributed by atoms with Crippen molar-refractivity contribution in [1.29, 1.82) is 0 Å². The second-order valence-electron chi connectivity index (χ2n) is 28.6. The van der Waals surface area contributed by atoms with Crippen molar-refractivity contribution in [1.82, 2.24) is 0 Å². The third-order valence-electron chi connectivity index (χ3n) is 19.0. The molecule has 0 fully saturated rings. The number of benzene rings is 8. The van der Waals surface area contributed by atoms with Gasteiger partial charge in [-0.05, 0) is 205 Å². The zero-order chi connectivity index (χ0) is 55.0. The molecule has 0 saturated heterocycles. The number of thiophene rings is 1. The molecule has 9 aromatic rings. The molecule has 3 nitrogen and oxygen atoms in total. The summed E-state index contributed by atoms with van der Waals surface area (Å²) in [7, 11) is 0. The summed E-state index contributed by atoms with van der Waals surface area (Å²) in [6.45, 7) is 38.3. The maximum Gasteiger partial charge on any atom is 0.252 e. The molecule has 0 amide bonds. The predicted octanol–water partition coefficient (Wildman–Crippen LogP) is 19.1. The number of anilines is 9. The highest BCUT2D eigenvalue weighted by molar-refractivity contribution is 7.26. The van der Waals surface area contributed by atoms with Gasteiger partial charge in [-0.2, -0.15) is 0 Å². The summed E-state index contributed by atoms with van der Waals surface area (Å²) in [6.07, 6.45) is 3.47. The predicted molar refractivity (Wildman–Crippen MR) is 341 cm³/mol. The number of hydrogen-bond donors (Lipinski definition) is 0. The molecule has 0 bridgehead atoms. The van der Waals surface area contributed by atoms with Gasteiger partial charge in [0, 0.05) is 65.7 Å². The molecule has 13 rings (SSSR count). The van der Waals surface area contributed by atoms with Crippen LogP contribution in [-0.4, -0.2) is 6.71 Å². The van der Waals surface area contributed by atoms with Crippen LogP contribution in [0.2, 0.25) is 0 Å². The van der Waals surface area contributed by atoms with Crippen LogP contribution in [-0.2, 0) is 32.5 Å². The second-order valence-corrected chi connectivity index (χ2v) is 29.7. The average Bonchev–Trinajstić information content (AvgIpc) is 4.01. The Hall–Kier alpha value is -6.56. The Morgan fingerprint density at radius 1 is 0.449 bits per heavy atom. The van der Waals surface area contributed by atoms with Crippen LogP contribution in [0.25, 0.3) is 20.2 Å². The Morgan fingerprint density at radius 3 is 1.55 bits per heavy atom. The van der Waals surface area contributed by atoms with E-state index in [1.165, 1.54) is 128 Å². The van der Waals surface area contributed by atoms with Crippen LogP contribution in [0.15, 0.2) is 146 Å². The van der Waals surface area contributed by atoms with Crippen LogP contribution < -0.4 is 31.1 Å². The Bertz CT molecular complexity index is 3890. The minimum Gasteiger partial charge on any atom is -0.311 e. The van der Waals surface area contributed by atoms with Gasteiger partial charge in [-0.25, -0.2) is 0 Å². The summed E-state index contributed by atoms with van der Waals surface area (Å²) < 4.78 is 2.62. The maximum atomic E-state index is 2.73. The first-order valence-electron chi connectivity index (χ1n) is 28.9. The van der Waals surface area contributed by atoms with E-state index in [2.05, 4.69) is 271 Å². The highest BCUT2D eigenvalue weighted by Crippen LogP contribution is 2.56. The van der Waals surface area contributed by atoms with Gasteiger partial charge in [0.2, 0.25) is 0 Å². The van der Waals surface area contributed by atoms with Crippen molar-refractivity contribution in [2.45, 2.75) is 163 Å². The molecule has 1 aromatic heterocycles. The molecule has 0 spiro atoms. The van der Waals surface area contributed by atoms with Crippen molar-refractivity contribution in [3.63, 3.8) is 0 Å². The van der Waals surface area contributed by atoms with E-state index in [0.29, 0.717) is 0 Å². The zero-order valence-corrected chi connectivity index (χ0v) is 50.1. The third-order valence-corrected chi connectivity index (χ3v) is 20.1. The van der Waals surface area contributed by atoms with E-state index in [1.54, 1.807) is 0 Å². The quantitative estimate of drug-likeness (QED) is 0.159. The van der Waals surface area contributed by atoms with Gasteiger partial charge >= 0.3 is 0 Å². The molecule has 8 aromatic carbocycles. The van der Waals surface area contributed by atoms with Gasteiger partial charge in [-0.1, -0.05) is 164 Å². The molecule has 0 saturated carbocycles. The second kappa shape index (κ2) is 17.0. The Kier molecular flexibility index (Phi) is 11.1. The lowest BCUT2D eigenvalue weighted by molar-refractivity contribution is 0.332. The normalized spacial score (nSPS) is 17.4. The van der Waals surface area contributed by atoms with Crippen LogP contribution in [0.3, 0.4) is 0 Å². The Labute approximate surface area is 470 Å². The SMILES string of the molecule is Cc1cc2c3c(c1)N(c1cccc4sc5ccccc5c14)c1cc(N(c4ccc(C(C)(C)C)cc4)c4ccc(C(C)(C)C)cc4)ccc1B3c1cc3c(cc1N2c1cc2c(cc1C)C(C)(C)CCC2(C)C)C(C)(C)CC3(C)C. The van der Waals surface area contributed by atoms with Crippen molar-refractivity contribution >= 4 is 106 Å². The fourth-order valence-electron chi connectivity index (χ4n) is 14.8. The van der Waals surface area contributed by atoms with E-state index in [-0.39, 0.29) is 39.2 Å². The number of hydrogen-bond acceptors (Lipinski definition) is 4. The van der Waals surface area contributed by atoms with Gasteiger partial charge in [0.25, 0.3) is 6.71 Å². The number of fused-ring (bicyclic) bond motifs is 9. The summed E-state index contributed by atoms with van der Waals surface area (Å²) in [5, 5.41) is 2.61. The highest BCUT2D eigenvalue weighted by Gasteiger charge is 2.49. The maximum absolute atomic E-state index is 2.73. The van der Waals surface area contributed by atoms with Crippen molar-refractivity contribution < 1.29 is 0 Å². The molecular formula is C73H78BN3S. The largest absolute Gasteiger partial charge is 0.311 e. The van der Waals surface area contributed by atoms with Crippen molar-refractivity contribution in [2.24, 2.45) is 0 Å². The number of rotatable bonds is 5.